The number of halogens is 2. The zero-order valence-corrected chi connectivity index (χ0v) is 16.9. The third-order valence-electron chi connectivity index (χ3n) is 3.51. The van der Waals surface area contributed by atoms with Gasteiger partial charge in [-0.3, -0.25) is 0 Å². The van der Waals surface area contributed by atoms with Gasteiger partial charge in [-0.1, -0.05) is 0 Å². The molecule has 3 nitrogen and oxygen atoms in total. The molecule has 2 aromatic rings. The number of hydrogen-bond donors (Lipinski definition) is 0. The van der Waals surface area contributed by atoms with Gasteiger partial charge < -0.3 is 9.64 Å². The fraction of sp³-hybridized carbons (Fsp3) is 0.278. The van der Waals surface area contributed by atoms with Crippen molar-refractivity contribution in [1.29, 1.82) is 0 Å². The maximum Gasteiger partial charge on any atom is 0.130 e. The molecule has 2 aromatic carbocycles. The monoisotopic (exact) mass is 438 g/mol. The van der Waals surface area contributed by atoms with Crippen molar-refractivity contribution in [3.05, 3.63) is 50.4 Å². The van der Waals surface area contributed by atoms with E-state index in [2.05, 4.69) is 49.8 Å². The SMILES string of the molecule is CCN(C)C=Nc1cc(C)c(Oc2ccc(Br)c(Br)c2)cc1C. The van der Waals surface area contributed by atoms with Gasteiger partial charge in [0, 0.05) is 22.5 Å². The van der Waals surface area contributed by atoms with Crippen molar-refractivity contribution in [2.75, 3.05) is 13.6 Å². The number of nitrogens with zero attached hydrogens (tertiary/aromatic N) is 2. The molecule has 0 radical (unpaired) electrons. The van der Waals surface area contributed by atoms with E-state index in [1.165, 1.54) is 0 Å². The zero-order chi connectivity index (χ0) is 17.0. The highest BCUT2D eigenvalue weighted by Gasteiger charge is 2.07. The molecular weight excluding hydrogens is 420 g/mol. The van der Waals surface area contributed by atoms with Gasteiger partial charge in [0.15, 0.2) is 0 Å². The van der Waals surface area contributed by atoms with Crippen LogP contribution in [0.2, 0.25) is 0 Å². The van der Waals surface area contributed by atoms with E-state index in [1.807, 2.05) is 56.4 Å². The molecule has 0 aliphatic carbocycles. The van der Waals surface area contributed by atoms with E-state index >= 15 is 0 Å². The first-order valence-corrected chi connectivity index (χ1v) is 8.98. The summed E-state index contributed by atoms with van der Waals surface area (Å²) in [6, 6.07) is 9.93. The molecule has 0 atom stereocenters. The predicted octanol–water partition coefficient (Wildman–Crippen LogP) is 6.23. The molecule has 0 amide bonds. The highest BCUT2D eigenvalue weighted by atomic mass is 79.9. The lowest BCUT2D eigenvalue weighted by molar-refractivity contribution is 0.478. The molecule has 0 saturated heterocycles. The molecule has 0 aliphatic rings. The van der Waals surface area contributed by atoms with Crippen LogP contribution in [0.5, 0.6) is 11.5 Å². The molecule has 23 heavy (non-hydrogen) atoms. The van der Waals surface area contributed by atoms with E-state index in [0.717, 1.165) is 43.8 Å². The number of benzene rings is 2. The number of rotatable bonds is 5. The van der Waals surface area contributed by atoms with Crippen molar-refractivity contribution in [3.8, 4) is 11.5 Å². The lowest BCUT2D eigenvalue weighted by Crippen LogP contribution is -2.14. The van der Waals surface area contributed by atoms with Crippen molar-refractivity contribution >= 4 is 43.9 Å². The van der Waals surface area contributed by atoms with E-state index < -0.39 is 0 Å². The summed E-state index contributed by atoms with van der Waals surface area (Å²) in [7, 11) is 2.01. The number of hydrogen-bond acceptors (Lipinski definition) is 2. The second-order valence-electron chi connectivity index (χ2n) is 5.40. The van der Waals surface area contributed by atoms with Crippen LogP contribution in [0.15, 0.2) is 44.3 Å². The Balaban J connectivity index is 2.25. The van der Waals surface area contributed by atoms with Crippen molar-refractivity contribution < 1.29 is 4.74 Å². The molecule has 0 unspecified atom stereocenters. The highest BCUT2D eigenvalue weighted by Crippen LogP contribution is 2.34. The van der Waals surface area contributed by atoms with E-state index in [1.54, 1.807) is 0 Å². The van der Waals surface area contributed by atoms with E-state index in [0.29, 0.717) is 0 Å². The van der Waals surface area contributed by atoms with Crippen LogP contribution >= 0.6 is 31.9 Å². The number of ether oxygens (including phenoxy) is 1. The second-order valence-corrected chi connectivity index (χ2v) is 7.11. The third-order valence-corrected chi connectivity index (χ3v) is 5.38. The first-order valence-electron chi connectivity index (χ1n) is 7.39. The van der Waals surface area contributed by atoms with Gasteiger partial charge in [0.1, 0.15) is 11.5 Å². The molecular formula is C18H20Br2N2O. The number of aryl methyl sites for hydroxylation is 2. The summed E-state index contributed by atoms with van der Waals surface area (Å²) >= 11 is 6.96. The lowest BCUT2D eigenvalue weighted by atomic mass is 10.1. The Bertz CT molecular complexity index is 729. The maximum absolute atomic E-state index is 6.01. The molecule has 0 N–H and O–H groups in total. The molecule has 0 bridgehead atoms. The summed E-state index contributed by atoms with van der Waals surface area (Å²) in [5.41, 5.74) is 3.11. The van der Waals surface area contributed by atoms with Gasteiger partial charge in [0.2, 0.25) is 0 Å². The summed E-state index contributed by atoms with van der Waals surface area (Å²) in [6.07, 6.45) is 1.86. The second kappa shape index (κ2) is 7.97. The summed E-state index contributed by atoms with van der Waals surface area (Å²) in [4.78, 5) is 6.58. The number of aliphatic imine (C=N–C) groups is 1. The molecule has 0 heterocycles. The van der Waals surface area contributed by atoms with Gasteiger partial charge in [0.25, 0.3) is 0 Å². The summed E-state index contributed by atoms with van der Waals surface area (Å²) in [5.74, 6) is 1.64. The van der Waals surface area contributed by atoms with E-state index in [-0.39, 0.29) is 0 Å². The van der Waals surface area contributed by atoms with Crippen LogP contribution in [0, 0.1) is 13.8 Å². The minimum Gasteiger partial charge on any atom is -0.457 e. The quantitative estimate of drug-likeness (QED) is 0.407. The fourth-order valence-electron chi connectivity index (χ4n) is 1.93. The minimum atomic E-state index is 0.796. The summed E-state index contributed by atoms with van der Waals surface area (Å²) in [5, 5.41) is 0. The van der Waals surface area contributed by atoms with Crippen LogP contribution in [0.4, 0.5) is 5.69 Å². The van der Waals surface area contributed by atoms with Gasteiger partial charge in [-0.05, 0) is 94.1 Å². The molecule has 0 aromatic heterocycles. The first-order chi connectivity index (χ1) is 10.9. The van der Waals surface area contributed by atoms with Crippen LogP contribution in [-0.4, -0.2) is 24.8 Å². The average molecular weight is 440 g/mol. The molecule has 0 saturated carbocycles. The van der Waals surface area contributed by atoms with Crippen molar-refractivity contribution in [2.45, 2.75) is 20.8 Å². The van der Waals surface area contributed by atoms with Gasteiger partial charge >= 0.3 is 0 Å². The highest BCUT2D eigenvalue weighted by molar-refractivity contribution is 9.13. The lowest BCUT2D eigenvalue weighted by Gasteiger charge is -2.13. The Hall–Kier alpha value is -1.33. The molecule has 2 rings (SSSR count). The smallest absolute Gasteiger partial charge is 0.130 e. The Labute approximate surface area is 154 Å². The Morgan fingerprint density at radius 1 is 1.09 bits per heavy atom. The average Bonchev–Trinajstić information content (AvgIpc) is 2.52. The molecule has 122 valence electrons. The van der Waals surface area contributed by atoms with Gasteiger partial charge in [-0.2, -0.15) is 0 Å². The van der Waals surface area contributed by atoms with E-state index in [4.69, 9.17) is 4.74 Å². The topological polar surface area (TPSA) is 24.8 Å². The van der Waals surface area contributed by atoms with Crippen LogP contribution < -0.4 is 4.74 Å². The molecule has 0 fully saturated rings. The third kappa shape index (κ3) is 4.82. The first kappa shape index (κ1) is 18.0. The van der Waals surface area contributed by atoms with E-state index in [9.17, 15) is 0 Å². The Kier molecular flexibility index (Phi) is 6.25. The van der Waals surface area contributed by atoms with Crippen molar-refractivity contribution in [3.63, 3.8) is 0 Å². The fourth-order valence-corrected chi connectivity index (χ4v) is 2.54. The Morgan fingerprint density at radius 2 is 1.83 bits per heavy atom. The van der Waals surface area contributed by atoms with Gasteiger partial charge in [-0.15, -0.1) is 0 Å². The van der Waals surface area contributed by atoms with Crippen molar-refractivity contribution in [2.24, 2.45) is 4.99 Å². The molecule has 0 aliphatic heterocycles. The van der Waals surface area contributed by atoms with Crippen LogP contribution in [0.1, 0.15) is 18.1 Å². The van der Waals surface area contributed by atoms with Gasteiger partial charge in [0.05, 0.1) is 12.0 Å². The standard InChI is InChI=1S/C18H20Br2N2O/c1-5-22(4)11-21-17-8-13(3)18(9-12(17)2)23-14-6-7-15(19)16(20)10-14/h6-11H,5H2,1-4H3. The van der Waals surface area contributed by atoms with Crippen LogP contribution in [0.3, 0.4) is 0 Å². The normalized spacial score (nSPS) is 11.0. The van der Waals surface area contributed by atoms with Crippen LogP contribution in [0.25, 0.3) is 0 Å². The summed E-state index contributed by atoms with van der Waals surface area (Å²) < 4.78 is 7.98. The van der Waals surface area contributed by atoms with Gasteiger partial charge in [-0.25, -0.2) is 4.99 Å². The predicted molar refractivity (Wildman–Crippen MR) is 104 cm³/mol. The summed E-state index contributed by atoms with van der Waals surface area (Å²) in [6.45, 7) is 7.10. The largest absolute Gasteiger partial charge is 0.457 e. The van der Waals surface area contributed by atoms with Crippen molar-refractivity contribution in [1.82, 2.24) is 4.90 Å². The molecule has 5 heteroatoms. The van der Waals surface area contributed by atoms with Crippen LogP contribution in [-0.2, 0) is 0 Å². The Morgan fingerprint density at radius 3 is 2.48 bits per heavy atom. The maximum atomic E-state index is 6.01. The minimum absolute atomic E-state index is 0.796. The molecule has 0 spiro atoms. The zero-order valence-electron chi connectivity index (χ0n) is 13.7.